The third-order valence-corrected chi connectivity index (χ3v) is 4.26. The summed E-state index contributed by atoms with van der Waals surface area (Å²) in [6.45, 7) is 3.23. The van der Waals surface area contributed by atoms with Crippen LogP contribution in [-0.2, 0) is 0 Å². The van der Waals surface area contributed by atoms with Crippen LogP contribution in [0.1, 0.15) is 23.1 Å². The van der Waals surface area contributed by atoms with Gasteiger partial charge in [0.05, 0.1) is 17.3 Å². The van der Waals surface area contributed by atoms with Gasteiger partial charge in [-0.3, -0.25) is 4.79 Å². The molecular weight excluding hydrogens is 373 g/mol. The van der Waals surface area contributed by atoms with Crippen LogP contribution < -0.4 is 5.32 Å². The number of hydrogen-bond donors (Lipinski definition) is 2. The number of carbonyl (C=O) groups excluding carboxylic acids is 1. The summed E-state index contributed by atoms with van der Waals surface area (Å²) >= 11 is 6.19. The van der Waals surface area contributed by atoms with Gasteiger partial charge in [-0.2, -0.15) is 4.68 Å². The van der Waals surface area contributed by atoms with Crippen LogP contribution in [0.25, 0.3) is 16.8 Å². The molecule has 1 unspecified atom stereocenters. The van der Waals surface area contributed by atoms with Gasteiger partial charge in [0.1, 0.15) is 5.82 Å². The lowest BCUT2D eigenvalue weighted by molar-refractivity contribution is 0.0922. The van der Waals surface area contributed by atoms with E-state index in [9.17, 15) is 9.18 Å². The maximum absolute atomic E-state index is 13.4. The summed E-state index contributed by atoms with van der Waals surface area (Å²) in [6, 6.07) is 8.67. The molecule has 3 rings (SSSR count). The van der Waals surface area contributed by atoms with E-state index >= 15 is 0 Å². The summed E-state index contributed by atoms with van der Waals surface area (Å²) in [6.07, 6.45) is 0. The van der Waals surface area contributed by atoms with Gasteiger partial charge in [-0.15, -0.1) is 5.10 Å². The minimum absolute atomic E-state index is 0.186. The van der Waals surface area contributed by atoms with Gasteiger partial charge in [-0.25, -0.2) is 4.39 Å². The fourth-order valence-corrected chi connectivity index (χ4v) is 2.84. The number of tetrazole rings is 1. The van der Waals surface area contributed by atoms with Gasteiger partial charge in [-0.05, 0) is 66.2 Å². The SMILES string of the molecule is Cc1nnnn1-c1cc(C(=O)NC(C)CO)cc(-c2ccc(F)cc2Cl)c1. The van der Waals surface area contributed by atoms with E-state index in [4.69, 9.17) is 16.7 Å². The molecule has 1 amide bonds. The van der Waals surface area contributed by atoms with E-state index in [-0.39, 0.29) is 17.5 Å². The number of nitrogens with zero attached hydrogens (tertiary/aromatic N) is 4. The molecule has 2 N–H and O–H groups in total. The highest BCUT2D eigenvalue weighted by molar-refractivity contribution is 6.33. The van der Waals surface area contributed by atoms with Crippen LogP contribution in [0.5, 0.6) is 0 Å². The molecule has 1 heterocycles. The molecule has 0 fully saturated rings. The molecule has 0 aliphatic carbocycles. The van der Waals surface area contributed by atoms with Gasteiger partial charge >= 0.3 is 0 Å². The van der Waals surface area contributed by atoms with Crippen molar-refractivity contribution in [3.05, 3.63) is 58.6 Å². The molecule has 0 aliphatic rings. The molecule has 0 spiro atoms. The Hall–Kier alpha value is -2.84. The number of aryl methyl sites for hydroxylation is 1. The number of rotatable bonds is 5. The lowest BCUT2D eigenvalue weighted by Crippen LogP contribution is -2.35. The van der Waals surface area contributed by atoms with Gasteiger partial charge in [0.2, 0.25) is 0 Å². The monoisotopic (exact) mass is 389 g/mol. The minimum Gasteiger partial charge on any atom is -0.394 e. The molecule has 0 aliphatic heterocycles. The van der Waals surface area contributed by atoms with Crippen LogP contribution in [0.4, 0.5) is 4.39 Å². The minimum atomic E-state index is -0.453. The quantitative estimate of drug-likeness (QED) is 0.699. The first-order chi connectivity index (χ1) is 12.9. The molecule has 3 aromatic rings. The zero-order valence-corrected chi connectivity index (χ0v) is 15.4. The van der Waals surface area contributed by atoms with Crippen molar-refractivity contribution in [3.8, 4) is 16.8 Å². The normalized spacial score (nSPS) is 12.0. The molecule has 0 saturated heterocycles. The second-order valence-electron chi connectivity index (χ2n) is 6.09. The molecule has 9 heteroatoms. The van der Waals surface area contributed by atoms with Crippen LogP contribution in [0.2, 0.25) is 5.02 Å². The molecular formula is C18H17ClFN5O2. The van der Waals surface area contributed by atoms with Crippen LogP contribution in [-0.4, -0.2) is 43.9 Å². The molecule has 0 radical (unpaired) electrons. The van der Waals surface area contributed by atoms with E-state index in [0.717, 1.165) is 0 Å². The Kier molecular flexibility index (Phi) is 5.48. The number of nitrogens with one attached hydrogen (secondary N) is 1. The number of hydrogen-bond acceptors (Lipinski definition) is 5. The average Bonchev–Trinajstić information content (AvgIpc) is 3.07. The van der Waals surface area contributed by atoms with E-state index < -0.39 is 11.9 Å². The van der Waals surface area contributed by atoms with Crippen molar-refractivity contribution in [3.63, 3.8) is 0 Å². The van der Waals surface area contributed by atoms with E-state index in [1.165, 1.54) is 16.8 Å². The van der Waals surface area contributed by atoms with Crippen molar-refractivity contribution in [1.29, 1.82) is 0 Å². The largest absolute Gasteiger partial charge is 0.394 e. The van der Waals surface area contributed by atoms with Gasteiger partial charge < -0.3 is 10.4 Å². The second kappa shape index (κ2) is 7.81. The predicted octanol–water partition coefficient (Wildman–Crippen LogP) is 2.54. The highest BCUT2D eigenvalue weighted by Gasteiger charge is 2.16. The predicted molar refractivity (Wildman–Crippen MR) is 98.3 cm³/mol. The average molecular weight is 390 g/mol. The molecule has 140 valence electrons. The molecule has 1 atom stereocenters. The van der Waals surface area contributed by atoms with Gasteiger partial charge in [0.15, 0.2) is 5.82 Å². The molecule has 0 saturated carbocycles. The number of halogens is 2. The summed E-state index contributed by atoms with van der Waals surface area (Å²) in [7, 11) is 0. The number of amides is 1. The first kappa shape index (κ1) is 18.9. The van der Waals surface area contributed by atoms with E-state index in [1.54, 1.807) is 38.1 Å². The topological polar surface area (TPSA) is 92.9 Å². The van der Waals surface area contributed by atoms with Crippen molar-refractivity contribution in [2.45, 2.75) is 19.9 Å². The van der Waals surface area contributed by atoms with Crippen molar-refractivity contribution in [1.82, 2.24) is 25.5 Å². The third kappa shape index (κ3) is 4.12. The summed E-state index contributed by atoms with van der Waals surface area (Å²) in [5.41, 5.74) is 2.05. The third-order valence-electron chi connectivity index (χ3n) is 3.94. The van der Waals surface area contributed by atoms with Gasteiger partial charge in [0, 0.05) is 17.2 Å². The van der Waals surface area contributed by atoms with E-state index in [0.29, 0.717) is 28.2 Å². The Bertz CT molecular complexity index is 992. The number of aliphatic hydroxyl groups is 1. The number of aliphatic hydroxyl groups excluding tert-OH is 1. The van der Waals surface area contributed by atoms with Crippen molar-refractivity contribution in [2.24, 2.45) is 0 Å². The van der Waals surface area contributed by atoms with Gasteiger partial charge in [0.25, 0.3) is 5.91 Å². The van der Waals surface area contributed by atoms with Crippen molar-refractivity contribution >= 4 is 17.5 Å². The highest BCUT2D eigenvalue weighted by Crippen LogP contribution is 2.31. The number of carbonyl (C=O) groups is 1. The zero-order chi connectivity index (χ0) is 19.6. The Labute approximate surface area is 159 Å². The van der Waals surface area contributed by atoms with Gasteiger partial charge in [-0.1, -0.05) is 11.6 Å². The smallest absolute Gasteiger partial charge is 0.251 e. The molecule has 2 aromatic carbocycles. The molecule has 1 aromatic heterocycles. The lowest BCUT2D eigenvalue weighted by Gasteiger charge is -2.14. The molecule has 27 heavy (non-hydrogen) atoms. The Balaban J connectivity index is 2.14. The first-order valence-corrected chi connectivity index (χ1v) is 8.54. The fraction of sp³-hybridized carbons (Fsp3) is 0.222. The summed E-state index contributed by atoms with van der Waals surface area (Å²) in [5.74, 6) is -0.290. The maximum atomic E-state index is 13.4. The zero-order valence-electron chi connectivity index (χ0n) is 14.6. The standard InChI is InChI=1S/C18H17ClFN5O2/c1-10(9-26)21-18(27)13-5-12(16-4-3-14(20)8-17(16)19)6-15(7-13)25-11(2)22-23-24-25/h3-8,10,26H,9H2,1-2H3,(H,21,27). The van der Waals surface area contributed by atoms with Crippen LogP contribution in [0.15, 0.2) is 36.4 Å². The Morgan fingerprint density at radius 1 is 1.33 bits per heavy atom. The maximum Gasteiger partial charge on any atom is 0.251 e. The van der Waals surface area contributed by atoms with Crippen LogP contribution in [0.3, 0.4) is 0 Å². The van der Waals surface area contributed by atoms with Crippen molar-refractivity contribution in [2.75, 3.05) is 6.61 Å². The Morgan fingerprint density at radius 3 is 2.74 bits per heavy atom. The number of benzene rings is 2. The van der Waals surface area contributed by atoms with Crippen LogP contribution in [0, 0.1) is 12.7 Å². The fourth-order valence-electron chi connectivity index (χ4n) is 2.57. The summed E-state index contributed by atoms with van der Waals surface area (Å²) < 4.78 is 14.9. The van der Waals surface area contributed by atoms with E-state index in [1.807, 2.05) is 0 Å². The highest BCUT2D eigenvalue weighted by atomic mass is 35.5. The van der Waals surface area contributed by atoms with Crippen LogP contribution >= 0.6 is 11.6 Å². The number of aromatic nitrogens is 4. The first-order valence-electron chi connectivity index (χ1n) is 8.16. The second-order valence-corrected chi connectivity index (χ2v) is 6.49. The molecule has 0 bridgehead atoms. The van der Waals surface area contributed by atoms with Crippen molar-refractivity contribution < 1.29 is 14.3 Å². The lowest BCUT2D eigenvalue weighted by atomic mass is 10.0. The molecule has 7 nitrogen and oxygen atoms in total. The summed E-state index contributed by atoms with van der Waals surface area (Å²) in [5, 5.41) is 23.5. The Morgan fingerprint density at radius 2 is 2.11 bits per heavy atom. The summed E-state index contributed by atoms with van der Waals surface area (Å²) in [4.78, 5) is 12.6. The van der Waals surface area contributed by atoms with E-state index in [2.05, 4.69) is 20.8 Å².